The van der Waals surface area contributed by atoms with Crippen LogP contribution in [0.5, 0.6) is 5.75 Å². The maximum atomic E-state index is 13.6. The largest absolute Gasteiger partial charge is 0.482 e. The van der Waals surface area contributed by atoms with Crippen LogP contribution in [0.2, 0.25) is 0 Å². The molecule has 0 aromatic heterocycles. The van der Waals surface area contributed by atoms with E-state index in [1.807, 2.05) is 31.3 Å². The number of hydrogen-bond acceptors (Lipinski definition) is 4. The summed E-state index contributed by atoms with van der Waals surface area (Å²) in [6.07, 6.45) is -1.30. The van der Waals surface area contributed by atoms with Gasteiger partial charge in [-0.2, -0.15) is 0 Å². The van der Waals surface area contributed by atoms with Gasteiger partial charge in [0.05, 0.1) is 5.69 Å². The summed E-state index contributed by atoms with van der Waals surface area (Å²) in [7, 11) is 0. The van der Waals surface area contributed by atoms with Crippen LogP contribution in [0.3, 0.4) is 0 Å². The number of carbonyl (C=O) groups excluding carboxylic acids is 2. The Morgan fingerprint density at radius 3 is 2.48 bits per heavy atom. The number of aryl methyl sites for hydroxylation is 2. The van der Waals surface area contributed by atoms with E-state index in [4.69, 9.17) is 9.47 Å². The molecule has 1 unspecified atom stereocenters. The van der Waals surface area contributed by atoms with Crippen molar-refractivity contribution >= 4 is 17.6 Å². The fourth-order valence-corrected chi connectivity index (χ4v) is 2.14. The van der Waals surface area contributed by atoms with Crippen LogP contribution in [0.15, 0.2) is 30.3 Å². The number of carbonyl (C=O) groups is 2. The Kier molecular flexibility index (Phi) is 6.44. The third-order valence-electron chi connectivity index (χ3n) is 3.66. The molecule has 0 fully saturated rings. The molecule has 0 heterocycles. The minimum atomic E-state index is -1.71. The predicted octanol–water partition coefficient (Wildman–Crippen LogP) is 3.67. The maximum absolute atomic E-state index is 13.6. The lowest BCUT2D eigenvalue weighted by Crippen LogP contribution is -2.32. The zero-order valence-electron chi connectivity index (χ0n) is 14.9. The summed E-state index contributed by atoms with van der Waals surface area (Å²) < 4.78 is 49.9. The Labute approximate surface area is 154 Å². The fourth-order valence-electron chi connectivity index (χ4n) is 2.14. The smallest absolute Gasteiger partial charge is 0.344 e. The summed E-state index contributed by atoms with van der Waals surface area (Å²) in [4.78, 5) is 23.8. The number of ether oxygens (including phenoxy) is 2. The molecule has 2 aromatic rings. The molecule has 0 spiro atoms. The molecule has 0 radical (unpaired) electrons. The van der Waals surface area contributed by atoms with E-state index in [9.17, 15) is 22.8 Å². The lowest BCUT2D eigenvalue weighted by molar-refractivity contribution is -0.155. The van der Waals surface area contributed by atoms with E-state index >= 15 is 0 Å². The molecule has 0 aliphatic heterocycles. The molecule has 2 rings (SSSR count). The number of amides is 1. The Bertz CT molecular complexity index is 870. The highest BCUT2D eigenvalue weighted by Crippen LogP contribution is 2.20. The van der Waals surface area contributed by atoms with E-state index < -0.39 is 47.7 Å². The molecular formula is C19H18F3NO4. The van der Waals surface area contributed by atoms with Gasteiger partial charge >= 0.3 is 5.97 Å². The van der Waals surface area contributed by atoms with Gasteiger partial charge in [-0.05, 0) is 50.1 Å². The van der Waals surface area contributed by atoms with Crippen LogP contribution in [-0.2, 0) is 14.3 Å². The van der Waals surface area contributed by atoms with Crippen molar-refractivity contribution in [3.05, 3.63) is 58.9 Å². The minimum Gasteiger partial charge on any atom is -0.482 e. The topological polar surface area (TPSA) is 64.6 Å². The number of benzene rings is 2. The second-order valence-electron chi connectivity index (χ2n) is 5.90. The van der Waals surface area contributed by atoms with E-state index in [-0.39, 0.29) is 0 Å². The average Bonchev–Trinajstić information content (AvgIpc) is 2.62. The molecule has 2 aromatic carbocycles. The highest BCUT2D eigenvalue weighted by molar-refractivity contribution is 5.95. The van der Waals surface area contributed by atoms with Crippen LogP contribution >= 0.6 is 0 Å². The van der Waals surface area contributed by atoms with Crippen LogP contribution in [0, 0.1) is 31.3 Å². The van der Waals surface area contributed by atoms with Gasteiger partial charge in [-0.15, -0.1) is 0 Å². The normalized spacial score (nSPS) is 11.6. The first-order chi connectivity index (χ1) is 12.7. The molecule has 5 nitrogen and oxygen atoms in total. The molecule has 0 bridgehead atoms. The van der Waals surface area contributed by atoms with Crippen molar-refractivity contribution in [3.63, 3.8) is 0 Å². The summed E-state index contributed by atoms with van der Waals surface area (Å²) in [6, 6.07) is 7.02. The first-order valence-corrected chi connectivity index (χ1v) is 8.03. The van der Waals surface area contributed by atoms with Gasteiger partial charge in [0.15, 0.2) is 30.2 Å². The summed E-state index contributed by atoms with van der Waals surface area (Å²) >= 11 is 0. The molecule has 27 heavy (non-hydrogen) atoms. The Morgan fingerprint density at radius 1 is 1.07 bits per heavy atom. The molecule has 0 saturated carbocycles. The summed E-state index contributed by atoms with van der Waals surface area (Å²) in [5.41, 5.74) is 1.21. The second-order valence-corrected chi connectivity index (χ2v) is 5.90. The highest BCUT2D eigenvalue weighted by atomic mass is 19.2. The second kappa shape index (κ2) is 8.57. The first-order valence-electron chi connectivity index (χ1n) is 8.03. The van der Waals surface area contributed by atoms with Crippen molar-refractivity contribution in [2.75, 3.05) is 11.9 Å². The van der Waals surface area contributed by atoms with Crippen molar-refractivity contribution in [3.8, 4) is 5.75 Å². The SMILES string of the molecule is Cc1ccc(C)c(OCC(=O)OC(C)C(=O)Nc2ccc(F)c(F)c2F)c1. The van der Waals surface area contributed by atoms with Crippen molar-refractivity contribution in [1.82, 2.24) is 0 Å². The highest BCUT2D eigenvalue weighted by Gasteiger charge is 2.21. The van der Waals surface area contributed by atoms with Gasteiger partial charge in [-0.1, -0.05) is 12.1 Å². The molecule has 0 aliphatic rings. The third-order valence-corrected chi connectivity index (χ3v) is 3.66. The molecule has 1 N–H and O–H groups in total. The number of hydrogen-bond donors (Lipinski definition) is 1. The predicted molar refractivity (Wildman–Crippen MR) is 91.9 cm³/mol. The molecule has 1 atom stereocenters. The van der Waals surface area contributed by atoms with Crippen LogP contribution < -0.4 is 10.1 Å². The van der Waals surface area contributed by atoms with E-state index in [1.165, 1.54) is 6.92 Å². The van der Waals surface area contributed by atoms with E-state index in [1.54, 1.807) is 6.07 Å². The van der Waals surface area contributed by atoms with Gasteiger partial charge in [0.2, 0.25) is 0 Å². The quantitative estimate of drug-likeness (QED) is 0.613. The summed E-state index contributed by atoms with van der Waals surface area (Å²) in [6.45, 7) is 4.51. The molecule has 8 heteroatoms. The van der Waals surface area contributed by atoms with E-state index in [2.05, 4.69) is 0 Å². The first kappa shape index (κ1) is 20.3. The maximum Gasteiger partial charge on any atom is 0.344 e. The Balaban J connectivity index is 1.91. The fraction of sp³-hybridized carbons (Fsp3) is 0.263. The van der Waals surface area contributed by atoms with Gasteiger partial charge in [0.1, 0.15) is 5.75 Å². The molecular weight excluding hydrogens is 363 g/mol. The number of anilines is 1. The standard InChI is InChI=1S/C19H18F3NO4/c1-10-4-5-11(2)15(8-10)26-9-16(24)27-12(3)19(25)23-14-7-6-13(20)17(21)18(14)22/h4-8,12H,9H2,1-3H3,(H,23,25). The van der Waals surface area contributed by atoms with Crippen molar-refractivity contribution < 1.29 is 32.2 Å². The zero-order chi connectivity index (χ0) is 20.1. The minimum absolute atomic E-state index is 0.429. The summed E-state index contributed by atoms with van der Waals surface area (Å²) in [5, 5.41) is 2.04. The number of rotatable bonds is 6. The number of esters is 1. The van der Waals surface area contributed by atoms with Crippen LogP contribution in [-0.4, -0.2) is 24.6 Å². The zero-order valence-corrected chi connectivity index (χ0v) is 14.9. The molecule has 1 amide bonds. The molecule has 0 aliphatic carbocycles. The molecule has 0 saturated heterocycles. The van der Waals surface area contributed by atoms with E-state index in [0.717, 1.165) is 17.2 Å². The van der Waals surface area contributed by atoms with Crippen LogP contribution in [0.4, 0.5) is 18.9 Å². The van der Waals surface area contributed by atoms with Gasteiger partial charge in [0.25, 0.3) is 5.91 Å². The van der Waals surface area contributed by atoms with Gasteiger partial charge in [-0.3, -0.25) is 4.79 Å². The average molecular weight is 381 g/mol. The van der Waals surface area contributed by atoms with Gasteiger partial charge < -0.3 is 14.8 Å². The van der Waals surface area contributed by atoms with Crippen molar-refractivity contribution in [2.24, 2.45) is 0 Å². The Morgan fingerprint density at radius 2 is 1.78 bits per heavy atom. The summed E-state index contributed by atoms with van der Waals surface area (Å²) in [5.74, 6) is -5.84. The van der Waals surface area contributed by atoms with Crippen molar-refractivity contribution in [1.29, 1.82) is 0 Å². The third kappa shape index (κ3) is 5.22. The lowest BCUT2D eigenvalue weighted by Gasteiger charge is -2.15. The van der Waals surface area contributed by atoms with Gasteiger partial charge in [-0.25, -0.2) is 18.0 Å². The number of halogens is 3. The van der Waals surface area contributed by atoms with E-state index in [0.29, 0.717) is 11.8 Å². The monoisotopic (exact) mass is 381 g/mol. The van der Waals surface area contributed by atoms with Crippen LogP contribution in [0.25, 0.3) is 0 Å². The van der Waals surface area contributed by atoms with Crippen LogP contribution in [0.1, 0.15) is 18.1 Å². The lowest BCUT2D eigenvalue weighted by atomic mass is 10.1. The number of nitrogens with one attached hydrogen (secondary N) is 1. The molecule has 144 valence electrons. The Hall–Kier alpha value is -3.03. The van der Waals surface area contributed by atoms with Crippen molar-refractivity contribution in [2.45, 2.75) is 26.9 Å². The van der Waals surface area contributed by atoms with Gasteiger partial charge in [0, 0.05) is 0 Å².